The van der Waals surface area contributed by atoms with Crippen LogP contribution in [0.2, 0.25) is 0 Å². The van der Waals surface area contributed by atoms with Gasteiger partial charge in [-0.2, -0.15) is 13.2 Å². The molecular weight excluding hydrogens is 332 g/mol. The second kappa shape index (κ2) is 7.65. The topological polar surface area (TPSA) is 9.23 Å². The molecule has 140 valence electrons. The highest BCUT2D eigenvalue weighted by Crippen LogP contribution is 2.47. The Bertz CT molecular complexity index is 584. The quantitative estimate of drug-likeness (QED) is 0.572. The fourth-order valence-corrected chi connectivity index (χ4v) is 4.60. The molecule has 25 heavy (non-hydrogen) atoms. The van der Waals surface area contributed by atoms with Gasteiger partial charge in [-0.05, 0) is 80.4 Å². The number of benzene rings is 1. The van der Waals surface area contributed by atoms with Gasteiger partial charge in [0.25, 0.3) is 0 Å². The van der Waals surface area contributed by atoms with Crippen LogP contribution < -0.4 is 0 Å². The molecule has 5 heteroatoms. The van der Waals surface area contributed by atoms with Crippen molar-refractivity contribution in [2.75, 3.05) is 6.61 Å². The maximum atomic E-state index is 13.9. The van der Waals surface area contributed by atoms with Gasteiger partial charge in [0, 0.05) is 6.61 Å². The molecule has 2 aliphatic rings. The lowest BCUT2D eigenvalue weighted by atomic mass is 9.65. The maximum absolute atomic E-state index is 13.9. The van der Waals surface area contributed by atoms with Crippen LogP contribution in [0.5, 0.6) is 0 Å². The molecule has 0 N–H and O–H groups in total. The van der Waals surface area contributed by atoms with Crippen molar-refractivity contribution in [3.8, 4) is 0 Å². The van der Waals surface area contributed by atoms with Crippen molar-refractivity contribution in [3.63, 3.8) is 0 Å². The van der Waals surface area contributed by atoms with E-state index in [1.807, 2.05) is 0 Å². The summed E-state index contributed by atoms with van der Waals surface area (Å²) < 4.78 is 57.9. The number of halogens is 4. The van der Waals surface area contributed by atoms with Crippen molar-refractivity contribution in [1.29, 1.82) is 0 Å². The summed E-state index contributed by atoms with van der Waals surface area (Å²) in [5.41, 5.74) is -0.452. The first kappa shape index (κ1) is 18.7. The summed E-state index contributed by atoms with van der Waals surface area (Å²) in [6.07, 6.45) is 2.98. The molecule has 1 nitrogen and oxygen atoms in total. The molecule has 0 aromatic heterocycles. The minimum atomic E-state index is -4.63. The van der Waals surface area contributed by atoms with E-state index >= 15 is 0 Å². The molecule has 0 amide bonds. The van der Waals surface area contributed by atoms with E-state index in [2.05, 4.69) is 6.92 Å². The Labute approximate surface area is 146 Å². The van der Waals surface area contributed by atoms with Crippen molar-refractivity contribution in [2.45, 2.75) is 70.1 Å². The molecule has 0 heterocycles. The van der Waals surface area contributed by atoms with Crippen LogP contribution in [0.25, 0.3) is 0 Å². The molecule has 2 saturated carbocycles. The van der Waals surface area contributed by atoms with Gasteiger partial charge in [-0.3, -0.25) is 0 Å². The fraction of sp³-hybridized carbons (Fsp3) is 0.700. The number of rotatable bonds is 4. The lowest BCUT2D eigenvalue weighted by Gasteiger charge is -2.42. The second-order valence-electron chi connectivity index (χ2n) is 7.57. The summed E-state index contributed by atoms with van der Waals surface area (Å²) in [5, 5.41) is 0. The molecule has 4 unspecified atom stereocenters. The Balaban J connectivity index is 1.63. The van der Waals surface area contributed by atoms with Crippen LogP contribution in [-0.4, -0.2) is 12.7 Å². The highest BCUT2D eigenvalue weighted by atomic mass is 19.4. The van der Waals surface area contributed by atoms with Gasteiger partial charge < -0.3 is 4.74 Å². The van der Waals surface area contributed by atoms with Crippen LogP contribution in [-0.2, 0) is 10.9 Å². The van der Waals surface area contributed by atoms with Crippen LogP contribution in [0, 0.1) is 17.7 Å². The summed E-state index contributed by atoms with van der Waals surface area (Å²) in [4.78, 5) is 0. The summed E-state index contributed by atoms with van der Waals surface area (Å²) in [6, 6.07) is 3.46. The minimum absolute atomic E-state index is 0.172. The Morgan fingerprint density at radius 1 is 1.04 bits per heavy atom. The van der Waals surface area contributed by atoms with Gasteiger partial charge in [-0.1, -0.05) is 13.0 Å². The van der Waals surface area contributed by atoms with E-state index in [0.717, 1.165) is 63.7 Å². The van der Waals surface area contributed by atoms with E-state index in [1.165, 1.54) is 6.07 Å². The molecular formula is C20H26F4O. The van der Waals surface area contributed by atoms with E-state index in [0.29, 0.717) is 23.5 Å². The normalized spacial score (nSPS) is 30.1. The van der Waals surface area contributed by atoms with E-state index in [1.54, 1.807) is 0 Å². The highest BCUT2D eigenvalue weighted by Gasteiger charge is 2.38. The van der Waals surface area contributed by atoms with E-state index in [9.17, 15) is 17.6 Å². The molecule has 0 radical (unpaired) electrons. The minimum Gasteiger partial charge on any atom is -0.378 e. The molecule has 3 rings (SSSR count). The van der Waals surface area contributed by atoms with Gasteiger partial charge in [0.2, 0.25) is 0 Å². The number of alkyl halides is 3. The van der Waals surface area contributed by atoms with Crippen LogP contribution in [0.3, 0.4) is 0 Å². The summed E-state index contributed by atoms with van der Waals surface area (Å²) >= 11 is 0. The van der Waals surface area contributed by atoms with Crippen molar-refractivity contribution in [1.82, 2.24) is 0 Å². The van der Waals surface area contributed by atoms with Gasteiger partial charge in [0.15, 0.2) is 0 Å². The molecule has 0 aliphatic heterocycles. The predicted molar refractivity (Wildman–Crippen MR) is 88.9 cm³/mol. The Morgan fingerprint density at radius 2 is 1.76 bits per heavy atom. The molecule has 2 aliphatic carbocycles. The second-order valence-corrected chi connectivity index (χ2v) is 7.57. The molecule has 2 fully saturated rings. The average Bonchev–Trinajstić information content (AvgIpc) is 2.58. The van der Waals surface area contributed by atoms with Gasteiger partial charge >= 0.3 is 6.18 Å². The average molecular weight is 358 g/mol. The smallest absolute Gasteiger partial charge is 0.378 e. The largest absolute Gasteiger partial charge is 0.419 e. The zero-order valence-electron chi connectivity index (χ0n) is 14.6. The van der Waals surface area contributed by atoms with Crippen LogP contribution in [0.1, 0.15) is 68.9 Å². The first-order valence-electron chi connectivity index (χ1n) is 9.36. The predicted octanol–water partition coefficient (Wildman–Crippen LogP) is 6.32. The summed E-state index contributed by atoms with van der Waals surface area (Å²) in [5.74, 6) is 0.256. The van der Waals surface area contributed by atoms with Crippen molar-refractivity contribution >= 4 is 0 Å². The van der Waals surface area contributed by atoms with Crippen molar-refractivity contribution in [3.05, 3.63) is 35.1 Å². The lowest BCUT2D eigenvalue weighted by molar-refractivity contribution is -0.140. The molecule has 0 saturated heterocycles. The van der Waals surface area contributed by atoms with E-state index in [4.69, 9.17) is 4.74 Å². The number of hydrogen-bond acceptors (Lipinski definition) is 1. The fourth-order valence-electron chi connectivity index (χ4n) is 4.60. The molecule has 1 aromatic carbocycles. The van der Waals surface area contributed by atoms with Gasteiger partial charge in [0.1, 0.15) is 5.82 Å². The van der Waals surface area contributed by atoms with Gasteiger partial charge in [-0.15, -0.1) is 0 Å². The SMILES string of the molecule is CCCOC1CCC2CC(c3ccc(C(F)(F)F)c(F)c3)CCC2C1. The summed E-state index contributed by atoms with van der Waals surface area (Å²) in [7, 11) is 0. The van der Waals surface area contributed by atoms with E-state index in [-0.39, 0.29) is 5.92 Å². The standard InChI is InChI=1S/C20H26F4O/c1-2-9-25-17-7-5-14-10-13(3-4-15(14)11-17)16-6-8-18(19(21)12-16)20(22,23)24/h6,8,12-15,17H,2-5,7,9-11H2,1H3. The van der Waals surface area contributed by atoms with Crippen LogP contribution in [0.15, 0.2) is 18.2 Å². The molecule has 4 atom stereocenters. The number of hydrogen-bond donors (Lipinski definition) is 0. The Morgan fingerprint density at radius 3 is 2.44 bits per heavy atom. The monoisotopic (exact) mass is 358 g/mol. The van der Waals surface area contributed by atoms with Crippen LogP contribution >= 0.6 is 0 Å². The highest BCUT2D eigenvalue weighted by molar-refractivity contribution is 5.29. The molecule has 0 bridgehead atoms. The van der Waals surface area contributed by atoms with Gasteiger partial charge in [-0.25, -0.2) is 4.39 Å². The first-order valence-corrected chi connectivity index (χ1v) is 9.36. The third-order valence-corrected chi connectivity index (χ3v) is 5.89. The first-order chi connectivity index (χ1) is 11.9. The third-order valence-electron chi connectivity index (χ3n) is 5.89. The molecule has 0 spiro atoms. The zero-order chi connectivity index (χ0) is 18.0. The zero-order valence-corrected chi connectivity index (χ0v) is 14.6. The summed E-state index contributed by atoms with van der Waals surface area (Å²) in [6.45, 7) is 2.93. The van der Waals surface area contributed by atoms with Gasteiger partial charge in [0.05, 0.1) is 11.7 Å². The molecule has 1 aromatic rings. The Kier molecular flexibility index (Phi) is 5.71. The maximum Gasteiger partial charge on any atom is 0.419 e. The van der Waals surface area contributed by atoms with Crippen molar-refractivity contribution < 1.29 is 22.3 Å². The third kappa shape index (κ3) is 4.36. The number of ether oxygens (including phenoxy) is 1. The van der Waals surface area contributed by atoms with E-state index < -0.39 is 17.6 Å². The lowest BCUT2D eigenvalue weighted by Crippen LogP contribution is -2.34. The van der Waals surface area contributed by atoms with Crippen LogP contribution in [0.4, 0.5) is 17.6 Å². The number of fused-ring (bicyclic) bond motifs is 1. The Hall–Kier alpha value is -1.10. The van der Waals surface area contributed by atoms with Crippen molar-refractivity contribution in [2.24, 2.45) is 11.8 Å².